The number of fused-ring (bicyclic) bond motifs is 1. The summed E-state index contributed by atoms with van der Waals surface area (Å²) in [5.41, 5.74) is 6.80. The number of aromatic nitrogens is 1. The molecule has 0 spiro atoms. The molecule has 0 saturated carbocycles. The summed E-state index contributed by atoms with van der Waals surface area (Å²) in [6.07, 6.45) is 1.01. The van der Waals surface area contributed by atoms with Gasteiger partial charge in [-0.3, -0.25) is 19.4 Å². The molecule has 2 heterocycles. The van der Waals surface area contributed by atoms with Gasteiger partial charge in [-0.15, -0.1) is 0 Å². The molecule has 1 aromatic rings. The zero-order valence-electron chi connectivity index (χ0n) is 16.0. The third-order valence-corrected chi connectivity index (χ3v) is 4.92. The Morgan fingerprint density at radius 3 is 2.63 bits per heavy atom. The number of nitrogens with zero attached hydrogens (tertiary/aromatic N) is 3. The Balaban J connectivity index is 2.24. The van der Waals surface area contributed by atoms with Gasteiger partial charge < -0.3 is 16.2 Å². The van der Waals surface area contributed by atoms with Crippen LogP contribution < -0.4 is 16.0 Å². The van der Waals surface area contributed by atoms with E-state index in [0.29, 0.717) is 12.2 Å². The number of amides is 3. The molecule has 1 aromatic heterocycles. The molecule has 9 heteroatoms. The summed E-state index contributed by atoms with van der Waals surface area (Å²) >= 11 is 0. The van der Waals surface area contributed by atoms with Gasteiger partial charge in [0, 0.05) is 19.8 Å². The molecule has 148 valence electrons. The van der Waals surface area contributed by atoms with Crippen molar-refractivity contribution in [2.45, 2.75) is 45.3 Å². The molecule has 0 bridgehead atoms. The van der Waals surface area contributed by atoms with E-state index in [4.69, 9.17) is 10.8 Å². The molecule has 0 fully saturated rings. The van der Waals surface area contributed by atoms with Crippen LogP contribution in [0.25, 0.3) is 0 Å². The maximum absolute atomic E-state index is 13.3. The van der Waals surface area contributed by atoms with Crippen molar-refractivity contribution in [3.8, 4) is 0 Å². The lowest BCUT2D eigenvalue weighted by Crippen LogP contribution is -2.57. The first-order chi connectivity index (χ1) is 12.7. The molecule has 1 aliphatic heterocycles. The zero-order chi connectivity index (χ0) is 20.3. The van der Waals surface area contributed by atoms with Gasteiger partial charge in [0.25, 0.3) is 5.91 Å². The molecule has 0 aliphatic carbocycles. The largest absolute Gasteiger partial charge is 0.465 e. The molecular formula is C18H27N5O4. The summed E-state index contributed by atoms with van der Waals surface area (Å²) in [5, 5.41) is 11.8. The summed E-state index contributed by atoms with van der Waals surface area (Å²) in [6, 6.07) is 1.76. The Morgan fingerprint density at radius 2 is 2.07 bits per heavy atom. The molecule has 1 aliphatic rings. The quantitative estimate of drug-likeness (QED) is 0.660. The Bertz CT molecular complexity index is 723. The molecule has 3 amide bonds. The van der Waals surface area contributed by atoms with Crippen molar-refractivity contribution < 1.29 is 19.5 Å². The minimum absolute atomic E-state index is 0.199. The lowest BCUT2D eigenvalue weighted by Gasteiger charge is -2.31. The predicted molar refractivity (Wildman–Crippen MR) is 100 cm³/mol. The highest BCUT2D eigenvalue weighted by Gasteiger charge is 2.39. The van der Waals surface area contributed by atoms with Crippen molar-refractivity contribution in [2.75, 3.05) is 18.5 Å². The first-order valence-corrected chi connectivity index (χ1v) is 8.92. The van der Waals surface area contributed by atoms with E-state index in [1.54, 1.807) is 11.1 Å². The first-order valence-electron chi connectivity index (χ1n) is 8.92. The van der Waals surface area contributed by atoms with E-state index in [2.05, 4.69) is 10.3 Å². The lowest BCUT2D eigenvalue weighted by molar-refractivity contribution is -0.131. The molecule has 27 heavy (non-hydrogen) atoms. The van der Waals surface area contributed by atoms with Crippen LogP contribution in [0.5, 0.6) is 0 Å². The van der Waals surface area contributed by atoms with Gasteiger partial charge in [0.15, 0.2) is 0 Å². The van der Waals surface area contributed by atoms with Gasteiger partial charge in [-0.25, -0.2) is 9.78 Å². The molecular weight excluding hydrogens is 350 g/mol. The highest BCUT2D eigenvalue weighted by molar-refractivity contribution is 6.01. The van der Waals surface area contributed by atoms with Crippen LogP contribution in [-0.2, 0) is 16.0 Å². The average molecular weight is 377 g/mol. The van der Waals surface area contributed by atoms with E-state index in [1.165, 1.54) is 14.0 Å². The van der Waals surface area contributed by atoms with Crippen LogP contribution in [0.1, 0.15) is 26.3 Å². The standard InChI is InChI=1S/C18H27N5O4/c1-10(2)14(21-16(24)11(3)22(4)18(26)27)17(25)23-13(9-19)8-12-6-5-7-20-15(12)23/h5-7,10-11,13-14H,8-9,19H2,1-4H3,(H,21,24)(H,26,27)/t11-,13-,14-/m0/s1. The van der Waals surface area contributed by atoms with Crippen LogP contribution in [-0.4, -0.2) is 64.6 Å². The Hall–Kier alpha value is -2.68. The number of nitrogens with one attached hydrogen (secondary N) is 1. The monoisotopic (exact) mass is 377 g/mol. The number of carbonyl (C=O) groups excluding carboxylic acids is 2. The van der Waals surface area contributed by atoms with Gasteiger partial charge in [0.1, 0.15) is 17.9 Å². The van der Waals surface area contributed by atoms with Crippen molar-refractivity contribution in [3.63, 3.8) is 0 Å². The number of carbonyl (C=O) groups is 3. The van der Waals surface area contributed by atoms with E-state index >= 15 is 0 Å². The number of pyridine rings is 1. The fourth-order valence-corrected chi connectivity index (χ4v) is 3.08. The first kappa shape index (κ1) is 20.6. The van der Waals surface area contributed by atoms with Crippen molar-refractivity contribution in [2.24, 2.45) is 11.7 Å². The smallest absolute Gasteiger partial charge is 0.407 e. The van der Waals surface area contributed by atoms with E-state index < -0.39 is 24.1 Å². The molecule has 3 atom stereocenters. The third kappa shape index (κ3) is 4.19. The van der Waals surface area contributed by atoms with Crippen LogP contribution in [0.3, 0.4) is 0 Å². The van der Waals surface area contributed by atoms with E-state index in [9.17, 15) is 14.4 Å². The van der Waals surface area contributed by atoms with Crippen LogP contribution in [0.4, 0.5) is 10.6 Å². The average Bonchev–Trinajstić information content (AvgIpc) is 3.02. The Morgan fingerprint density at radius 1 is 1.41 bits per heavy atom. The summed E-state index contributed by atoms with van der Waals surface area (Å²) in [4.78, 5) is 43.6. The van der Waals surface area contributed by atoms with Crippen LogP contribution in [0, 0.1) is 5.92 Å². The number of hydrogen-bond donors (Lipinski definition) is 3. The summed E-state index contributed by atoms with van der Waals surface area (Å²) in [7, 11) is 1.31. The Kier molecular flexibility index (Phi) is 6.37. The minimum atomic E-state index is -1.22. The van der Waals surface area contributed by atoms with Crippen LogP contribution in [0.2, 0.25) is 0 Å². The number of hydrogen-bond acceptors (Lipinski definition) is 5. The molecule has 0 saturated heterocycles. The van der Waals surface area contributed by atoms with E-state index in [0.717, 1.165) is 10.5 Å². The topological polar surface area (TPSA) is 129 Å². The Labute approximate surface area is 158 Å². The van der Waals surface area contributed by atoms with Crippen molar-refractivity contribution >= 4 is 23.7 Å². The van der Waals surface area contributed by atoms with Gasteiger partial charge >= 0.3 is 6.09 Å². The van der Waals surface area contributed by atoms with Gasteiger partial charge in [0.05, 0.1) is 6.04 Å². The van der Waals surface area contributed by atoms with Crippen LogP contribution >= 0.6 is 0 Å². The van der Waals surface area contributed by atoms with E-state index in [1.807, 2.05) is 26.0 Å². The maximum atomic E-state index is 13.3. The van der Waals surface area contributed by atoms with Crippen molar-refractivity contribution in [3.05, 3.63) is 23.9 Å². The van der Waals surface area contributed by atoms with Gasteiger partial charge in [0.2, 0.25) is 5.91 Å². The highest BCUT2D eigenvalue weighted by atomic mass is 16.4. The van der Waals surface area contributed by atoms with Crippen LogP contribution in [0.15, 0.2) is 18.3 Å². The second kappa shape index (κ2) is 8.34. The highest BCUT2D eigenvalue weighted by Crippen LogP contribution is 2.30. The maximum Gasteiger partial charge on any atom is 0.407 e. The summed E-state index contributed by atoms with van der Waals surface area (Å²) in [6.45, 7) is 5.39. The SMILES string of the molecule is CC(C)[C@H](NC(=O)[C@H](C)N(C)C(=O)O)C(=O)N1c2ncccc2C[C@H]1CN. The molecule has 9 nitrogen and oxygen atoms in total. The fraction of sp³-hybridized carbons (Fsp3) is 0.556. The second-order valence-electron chi connectivity index (χ2n) is 7.09. The minimum Gasteiger partial charge on any atom is -0.465 e. The second-order valence-corrected chi connectivity index (χ2v) is 7.09. The van der Waals surface area contributed by atoms with Crippen molar-refractivity contribution in [1.29, 1.82) is 0 Å². The van der Waals surface area contributed by atoms with Gasteiger partial charge in [-0.2, -0.15) is 0 Å². The van der Waals surface area contributed by atoms with E-state index in [-0.39, 0.29) is 24.4 Å². The van der Waals surface area contributed by atoms with Gasteiger partial charge in [-0.1, -0.05) is 19.9 Å². The third-order valence-electron chi connectivity index (χ3n) is 4.92. The number of carboxylic acid groups (broad SMARTS) is 1. The molecule has 4 N–H and O–H groups in total. The molecule has 0 aromatic carbocycles. The van der Waals surface area contributed by atoms with Crippen molar-refractivity contribution in [1.82, 2.24) is 15.2 Å². The lowest BCUT2D eigenvalue weighted by atomic mass is 10.0. The number of nitrogens with two attached hydrogens (primary N) is 1. The number of rotatable bonds is 6. The fourth-order valence-electron chi connectivity index (χ4n) is 3.08. The summed E-state index contributed by atoms with van der Waals surface area (Å²) < 4.78 is 0. The summed E-state index contributed by atoms with van der Waals surface area (Å²) in [5.74, 6) is -0.461. The number of likely N-dealkylation sites (N-methyl/N-ethyl adjacent to an activating group) is 1. The zero-order valence-corrected chi connectivity index (χ0v) is 16.0. The number of anilines is 1. The predicted octanol–water partition coefficient (Wildman–Crippen LogP) is 0.437. The molecule has 2 rings (SSSR count). The molecule has 0 unspecified atom stereocenters. The van der Waals surface area contributed by atoms with Gasteiger partial charge in [-0.05, 0) is 30.9 Å². The molecule has 0 radical (unpaired) electrons. The normalized spacial score (nSPS) is 18.0.